The number of hydrogen-bond donors (Lipinski definition) is 0. The first-order valence-corrected chi connectivity index (χ1v) is 7.65. The summed E-state index contributed by atoms with van der Waals surface area (Å²) >= 11 is 5.93. The van der Waals surface area contributed by atoms with Crippen molar-refractivity contribution in [2.75, 3.05) is 13.1 Å². The van der Waals surface area contributed by atoms with E-state index in [9.17, 15) is 9.18 Å². The van der Waals surface area contributed by atoms with Gasteiger partial charge in [0.1, 0.15) is 5.82 Å². The van der Waals surface area contributed by atoms with Gasteiger partial charge in [0.25, 0.3) is 5.91 Å². The Morgan fingerprint density at radius 1 is 1.32 bits per heavy atom. The van der Waals surface area contributed by atoms with E-state index in [4.69, 9.17) is 11.6 Å². The summed E-state index contributed by atoms with van der Waals surface area (Å²) in [5.41, 5.74) is 1.38. The molecule has 1 aliphatic carbocycles. The molecule has 1 aromatic carbocycles. The minimum atomic E-state index is -0.446. The van der Waals surface area contributed by atoms with Crippen LogP contribution in [0.2, 0.25) is 5.02 Å². The Morgan fingerprint density at radius 3 is 2.77 bits per heavy atom. The van der Waals surface area contributed by atoms with Crippen molar-refractivity contribution >= 4 is 17.5 Å². The van der Waals surface area contributed by atoms with Crippen LogP contribution in [-0.2, 0) is 0 Å². The number of carbonyl (C=O) groups is 1. The van der Waals surface area contributed by atoms with Crippen LogP contribution < -0.4 is 0 Å². The Labute approximate surface area is 131 Å². The zero-order valence-corrected chi connectivity index (χ0v) is 12.5. The molecule has 4 rings (SSSR count). The number of carbonyl (C=O) groups excluding carboxylic acids is 1. The minimum absolute atomic E-state index is 0.144. The van der Waals surface area contributed by atoms with Crippen molar-refractivity contribution in [3.8, 4) is 0 Å². The fraction of sp³-hybridized carbons (Fsp3) is 0.400. The molecule has 1 aliphatic heterocycles. The second kappa shape index (κ2) is 5.05. The van der Waals surface area contributed by atoms with E-state index in [1.165, 1.54) is 25.0 Å². The third kappa shape index (κ3) is 2.37. The molecule has 5 nitrogen and oxygen atoms in total. The Kier molecular flexibility index (Phi) is 3.14. The predicted octanol–water partition coefficient (Wildman–Crippen LogP) is 2.65. The molecule has 7 heteroatoms. The Bertz CT molecular complexity index is 737. The van der Waals surface area contributed by atoms with Gasteiger partial charge in [-0.2, -0.15) is 0 Å². The fourth-order valence-electron chi connectivity index (χ4n) is 2.66. The molecule has 2 aliphatic rings. The summed E-state index contributed by atoms with van der Waals surface area (Å²) in [6, 6.07) is 3.98. The third-order valence-electron chi connectivity index (χ3n) is 4.21. The van der Waals surface area contributed by atoms with Crippen molar-refractivity contribution in [2.24, 2.45) is 0 Å². The third-order valence-corrected chi connectivity index (χ3v) is 4.52. The van der Waals surface area contributed by atoms with E-state index >= 15 is 0 Å². The molecule has 2 heterocycles. The predicted molar refractivity (Wildman–Crippen MR) is 78.3 cm³/mol. The number of nitrogens with zero attached hydrogens (tertiary/aromatic N) is 4. The van der Waals surface area contributed by atoms with Crippen LogP contribution in [0.3, 0.4) is 0 Å². The van der Waals surface area contributed by atoms with Gasteiger partial charge in [-0.15, -0.1) is 5.10 Å². The van der Waals surface area contributed by atoms with E-state index < -0.39 is 5.82 Å². The maximum absolute atomic E-state index is 13.0. The van der Waals surface area contributed by atoms with Crippen molar-refractivity contribution in [1.29, 1.82) is 0 Å². The highest BCUT2D eigenvalue weighted by Gasteiger charge is 2.35. The first-order chi connectivity index (χ1) is 10.6. The van der Waals surface area contributed by atoms with E-state index in [1.807, 2.05) is 10.9 Å². The van der Waals surface area contributed by atoms with Gasteiger partial charge in [0.15, 0.2) is 0 Å². The molecule has 0 spiro atoms. The largest absolute Gasteiger partial charge is 0.334 e. The van der Waals surface area contributed by atoms with Crippen LogP contribution >= 0.6 is 11.6 Å². The van der Waals surface area contributed by atoms with Crippen molar-refractivity contribution in [3.63, 3.8) is 0 Å². The second-order valence-electron chi connectivity index (χ2n) is 5.89. The molecule has 2 aromatic rings. The van der Waals surface area contributed by atoms with Crippen molar-refractivity contribution in [2.45, 2.75) is 24.8 Å². The maximum atomic E-state index is 13.0. The Morgan fingerprint density at radius 2 is 2.09 bits per heavy atom. The van der Waals surface area contributed by atoms with Crippen LogP contribution in [0.5, 0.6) is 0 Å². The molecule has 0 unspecified atom stereocenters. The first-order valence-electron chi connectivity index (χ1n) is 7.28. The number of hydrogen-bond acceptors (Lipinski definition) is 3. The number of amides is 1. The van der Waals surface area contributed by atoms with Gasteiger partial charge in [0.05, 0.1) is 22.3 Å². The Balaban J connectivity index is 1.42. The van der Waals surface area contributed by atoms with E-state index in [0.29, 0.717) is 24.6 Å². The zero-order valence-electron chi connectivity index (χ0n) is 11.7. The molecule has 2 fully saturated rings. The van der Waals surface area contributed by atoms with Crippen molar-refractivity contribution < 1.29 is 9.18 Å². The highest BCUT2D eigenvalue weighted by Crippen LogP contribution is 2.39. The average molecular weight is 321 g/mol. The molecule has 1 aromatic heterocycles. The summed E-state index contributed by atoms with van der Waals surface area (Å²) in [6.45, 7) is 1.14. The van der Waals surface area contributed by atoms with Gasteiger partial charge in [0.2, 0.25) is 0 Å². The SMILES string of the molecule is O=C(c1ccc(F)cc1Cl)N1CC(n2cc(C3CC3)nn2)C1. The van der Waals surface area contributed by atoms with Crippen LogP contribution in [0.1, 0.15) is 40.9 Å². The summed E-state index contributed by atoms with van der Waals surface area (Å²) in [4.78, 5) is 14.0. The highest BCUT2D eigenvalue weighted by atomic mass is 35.5. The van der Waals surface area contributed by atoms with E-state index in [0.717, 1.165) is 11.8 Å². The van der Waals surface area contributed by atoms with Gasteiger partial charge in [-0.3, -0.25) is 4.79 Å². The highest BCUT2D eigenvalue weighted by molar-refractivity contribution is 6.33. The molecular formula is C15H14ClFN4O. The van der Waals surface area contributed by atoms with Gasteiger partial charge in [-0.1, -0.05) is 16.8 Å². The molecule has 1 amide bonds. The molecule has 114 valence electrons. The fourth-order valence-corrected chi connectivity index (χ4v) is 2.90. The van der Waals surface area contributed by atoms with E-state index in [-0.39, 0.29) is 17.0 Å². The van der Waals surface area contributed by atoms with Crippen LogP contribution in [0.25, 0.3) is 0 Å². The molecule has 1 saturated carbocycles. The van der Waals surface area contributed by atoms with Crippen LogP contribution in [0, 0.1) is 5.82 Å². The molecule has 22 heavy (non-hydrogen) atoms. The summed E-state index contributed by atoms with van der Waals surface area (Å²) in [5.74, 6) is -0.0494. The monoisotopic (exact) mass is 320 g/mol. The normalized spacial score (nSPS) is 18.4. The van der Waals surface area contributed by atoms with Crippen LogP contribution in [-0.4, -0.2) is 38.9 Å². The standard InChI is InChI=1S/C15H14ClFN4O/c16-13-5-10(17)3-4-12(13)15(22)20-6-11(7-20)21-8-14(18-19-21)9-1-2-9/h3-5,8-9,11H,1-2,6-7H2. The first kappa shape index (κ1) is 13.7. The lowest BCUT2D eigenvalue weighted by molar-refractivity contribution is 0.0498. The number of likely N-dealkylation sites (tertiary alicyclic amines) is 1. The van der Waals surface area contributed by atoms with Gasteiger partial charge >= 0.3 is 0 Å². The lowest BCUT2D eigenvalue weighted by Crippen LogP contribution is -2.51. The number of aromatic nitrogens is 3. The lowest BCUT2D eigenvalue weighted by Gasteiger charge is -2.39. The molecular weight excluding hydrogens is 307 g/mol. The maximum Gasteiger partial charge on any atom is 0.255 e. The van der Waals surface area contributed by atoms with E-state index in [2.05, 4.69) is 10.3 Å². The summed E-state index contributed by atoms with van der Waals surface area (Å²) in [7, 11) is 0. The molecule has 1 saturated heterocycles. The average Bonchev–Trinajstić information content (AvgIpc) is 3.17. The number of rotatable bonds is 3. The van der Waals surface area contributed by atoms with E-state index in [1.54, 1.807) is 4.90 Å². The molecule has 0 atom stereocenters. The smallest absolute Gasteiger partial charge is 0.255 e. The molecule has 0 N–H and O–H groups in total. The minimum Gasteiger partial charge on any atom is -0.334 e. The molecule has 0 bridgehead atoms. The van der Waals surface area contributed by atoms with Crippen LogP contribution in [0.4, 0.5) is 4.39 Å². The van der Waals surface area contributed by atoms with Gasteiger partial charge in [-0.05, 0) is 31.0 Å². The number of halogens is 2. The molecule has 0 radical (unpaired) electrons. The second-order valence-corrected chi connectivity index (χ2v) is 6.29. The van der Waals surface area contributed by atoms with Crippen molar-refractivity contribution in [1.82, 2.24) is 19.9 Å². The van der Waals surface area contributed by atoms with Crippen LogP contribution in [0.15, 0.2) is 24.4 Å². The van der Waals surface area contributed by atoms with Gasteiger partial charge in [0, 0.05) is 25.2 Å². The van der Waals surface area contributed by atoms with Gasteiger partial charge < -0.3 is 4.90 Å². The summed E-state index contributed by atoms with van der Waals surface area (Å²) < 4.78 is 14.9. The van der Waals surface area contributed by atoms with Gasteiger partial charge in [-0.25, -0.2) is 9.07 Å². The lowest BCUT2D eigenvalue weighted by atomic mass is 10.1. The van der Waals surface area contributed by atoms with Crippen molar-refractivity contribution in [3.05, 3.63) is 46.5 Å². The summed E-state index contributed by atoms with van der Waals surface area (Å²) in [6.07, 6.45) is 4.36. The topological polar surface area (TPSA) is 51.0 Å². The quantitative estimate of drug-likeness (QED) is 0.873. The Hall–Kier alpha value is -1.95. The zero-order chi connectivity index (χ0) is 15.3. The number of benzene rings is 1. The summed E-state index contributed by atoms with van der Waals surface area (Å²) in [5, 5.41) is 8.47.